The van der Waals surface area contributed by atoms with Crippen molar-refractivity contribution in [2.75, 3.05) is 56.6 Å². The lowest BCUT2D eigenvalue weighted by Crippen LogP contribution is -2.47. The van der Waals surface area contributed by atoms with Gasteiger partial charge in [0.2, 0.25) is 0 Å². The quantitative estimate of drug-likeness (QED) is 0.514. The van der Waals surface area contributed by atoms with Gasteiger partial charge in [-0.2, -0.15) is 0 Å². The Morgan fingerprint density at radius 2 is 2.03 bits per heavy atom. The molecule has 7 nitrogen and oxygen atoms in total. The molecule has 1 unspecified atom stereocenters. The molecule has 0 aliphatic carbocycles. The maximum absolute atomic E-state index is 11.0. The fourth-order valence-electron chi connectivity index (χ4n) is 3.63. The van der Waals surface area contributed by atoms with Crippen LogP contribution in [0.15, 0.2) is 42.5 Å². The zero-order valence-corrected chi connectivity index (χ0v) is 18.5. The van der Waals surface area contributed by atoms with Crippen molar-refractivity contribution in [3.63, 3.8) is 0 Å². The Labute approximate surface area is 183 Å². The van der Waals surface area contributed by atoms with E-state index in [1.54, 1.807) is 18.4 Å². The van der Waals surface area contributed by atoms with Crippen LogP contribution in [0.4, 0.5) is 10.8 Å². The van der Waals surface area contributed by atoms with Gasteiger partial charge in [0.15, 0.2) is 16.2 Å². The van der Waals surface area contributed by atoms with Crippen LogP contribution in [0.25, 0.3) is 10.2 Å². The first kappa shape index (κ1) is 21.0. The molecular weight excluding hydrogens is 420 g/mol. The maximum atomic E-state index is 11.0. The summed E-state index contributed by atoms with van der Waals surface area (Å²) in [6.07, 6.45) is 0. The van der Waals surface area contributed by atoms with Crippen molar-refractivity contribution in [1.82, 2.24) is 9.88 Å². The highest BCUT2D eigenvalue weighted by atomic mass is 32.2. The van der Waals surface area contributed by atoms with E-state index < -0.39 is 11.1 Å². The standard InChI is InChI=1S/C21H26N4O3S2/c1-28-18-4-2-3-17(14-18)25-11-9-24(10-12-25)8-7-22-21-23-19-6-5-16(15-30(26)27)13-20(19)29-21/h2-6,13-14H,7-12,15H2,1H3,(H,22,23)(H,26,27). The Balaban J connectivity index is 1.25. The second kappa shape index (κ2) is 9.74. The molecule has 0 spiro atoms. The zero-order valence-electron chi connectivity index (χ0n) is 16.9. The summed E-state index contributed by atoms with van der Waals surface area (Å²) >= 11 is -0.239. The second-order valence-electron chi connectivity index (χ2n) is 7.24. The van der Waals surface area contributed by atoms with Gasteiger partial charge in [-0.15, -0.1) is 0 Å². The van der Waals surface area contributed by atoms with Crippen molar-refractivity contribution >= 4 is 43.5 Å². The summed E-state index contributed by atoms with van der Waals surface area (Å²) in [5.41, 5.74) is 2.99. The summed E-state index contributed by atoms with van der Waals surface area (Å²) in [5.74, 6) is 1.05. The molecule has 2 heterocycles. The fraction of sp³-hybridized carbons (Fsp3) is 0.381. The number of rotatable bonds is 8. The molecule has 9 heteroatoms. The predicted octanol–water partition coefficient (Wildman–Crippen LogP) is 3.26. The molecule has 4 rings (SSSR count). The lowest BCUT2D eigenvalue weighted by molar-refractivity contribution is 0.267. The number of anilines is 2. The largest absolute Gasteiger partial charge is 0.497 e. The molecule has 1 aromatic heterocycles. The first-order valence-corrected chi connectivity index (χ1v) is 12.0. The van der Waals surface area contributed by atoms with Gasteiger partial charge in [-0.25, -0.2) is 9.19 Å². The highest BCUT2D eigenvalue weighted by molar-refractivity contribution is 7.78. The van der Waals surface area contributed by atoms with Crippen LogP contribution < -0.4 is 15.0 Å². The van der Waals surface area contributed by atoms with Crippen LogP contribution in [0.5, 0.6) is 5.75 Å². The zero-order chi connectivity index (χ0) is 20.9. The molecule has 2 aromatic carbocycles. The summed E-state index contributed by atoms with van der Waals surface area (Å²) < 4.78 is 26.4. The number of hydrogen-bond acceptors (Lipinski definition) is 7. The summed E-state index contributed by atoms with van der Waals surface area (Å²) in [5, 5.41) is 4.32. The molecule has 0 bridgehead atoms. The molecule has 30 heavy (non-hydrogen) atoms. The highest BCUT2D eigenvalue weighted by Gasteiger charge is 2.17. The van der Waals surface area contributed by atoms with Crippen molar-refractivity contribution in [3.8, 4) is 5.75 Å². The SMILES string of the molecule is COc1cccc(N2CCN(CCNc3nc4ccc(CS(=O)O)cc4s3)CC2)c1. The van der Waals surface area contributed by atoms with Crippen molar-refractivity contribution in [2.45, 2.75) is 5.75 Å². The summed E-state index contributed by atoms with van der Waals surface area (Å²) in [6.45, 7) is 5.87. The van der Waals surface area contributed by atoms with E-state index in [-0.39, 0.29) is 5.75 Å². The van der Waals surface area contributed by atoms with Crippen LogP contribution in [0.1, 0.15) is 5.56 Å². The van der Waals surface area contributed by atoms with Crippen LogP contribution in [-0.4, -0.2) is 65.0 Å². The van der Waals surface area contributed by atoms with Gasteiger partial charge in [0, 0.05) is 51.0 Å². The van der Waals surface area contributed by atoms with Crippen LogP contribution in [0.2, 0.25) is 0 Å². The minimum Gasteiger partial charge on any atom is -0.497 e. The van der Waals surface area contributed by atoms with Gasteiger partial charge in [0.1, 0.15) is 5.75 Å². The summed E-state index contributed by atoms with van der Waals surface area (Å²) in [7, 11) is 1.70. The van der Waals surface area contributed by atoms with E-state index in [2.05, 4.69) is 32.2 Å². The van der Waals surface area contributed by atoms with Crippen LogP contribution in [-0.2, 0) is 16.8 Å². The Morgan fingerprint density at radius 1 is 1.20 bits per heavy atom. The third-order valence-corrected chi connectivity index (χ3v) is 6.79. The van der Waals surface area contributed by atoms with Crippen molar-refractivity contribution < 1.29 is 13.5 Å². The van der Waals surface area contributed by atoms with Gasteiger partial charge in [-0.3, -0.25) is 4.90 Å². The Bertz CT molecular complexity index is 1020. The number of aromatic nitrogens is 1. The molecule has 0 radical (unpaired) electrons. The molecule has 1 fully saturated rings. The average Bonchev–Trinajstić information content (AvgIpc) is 3.16. The summed E-state index contributed by atoms with van der Waals surface area (Å²) in [4.78, 5) is 9.48. The van der Waals surface area contributed by atoms with E-state index in [0.717, 1.165) is 65.9 Å². The van der Waals surface area contributed by atoms with Gasteiger partial charge < -0.3 is 19.5 Å². The van der Waals surface area contributed by atoms with Crippen LogP contribution in [0.3, 0.4) is 0 Å². The Kier molecular flexibility index (Phi) is 6.83. The smallest absolute Gasteiger partial charge is 0.183 e. The van der Waals surface area contributed by atoms with E-state index in [1.165, 1.54) is 5.69 Å². The lowest BCUT2D eigenvalue weighted by atomic mass is 10.2. The number of hydrogen-bond donors (Lipinski definition) is 2. The van der Waals surface area contributed by atoms with Crippen molar-refractivity contribution in [2.24, 2.45) is 0 Å². The molecule has 1 aliphatic rings. The number of nitrogens with zero attached hydrogens (tertiary/aromatic N) is 3. The van der Waals surface area contributed by atoms with E-state index in [4.69, 9.17) is 9.29 Å². The summed E-state index contributed by atoms with van der Waals surface area (Å²) in [6, 6.07) is 14.0. The number of ether oxygens (including phenoxy) is 1. The first-order valence-electron chi connectivity index (χ1n) is 9.93. The third kappa shape index (κ3) is 5.28. The third-order valence-electron chi connectivity index (χ3n) is 5.24. The topological polar surface area (TPSA) is 77.9 Å². The van der Waals surface area contributed by atoms with E-state index in [1.807, 2.05) is 30.3 Å². The van der Waals surface area contributed by atoms with Gasteiger partial charge in [0.25, 0.3) is 0 Å². The Hall–Kier alpha value is -2.20. The van der Waals surface area contributed by atoms with Gasteiger partial charge in [-0.1, -0.05) is 23.5 Å². The van der Waals surface area contributed by atoms with Gasteiger partial charge in [-0.05, 0) is 29.8 Å². The van der Waals surface area contributed by atoms with E-state index in [0.29, 0.717) is 0 Å². The molecule has 160 valence electrons. The first-order chi connectivity index (χ1) is 14.6. The van der Waals surface area contributed by atoms with Gasteiger partial charge in [0.05, 0.1) is 23.1 Å². The fourth-order valence-corrected chi connectivity index (χ4v) is 5.05. The van der Waals surface area contributed by atoms with Crippen LogP contribution >= 0.6 is 11.3 Å². The van der Waals surface area contributed by atoms with Gasteiger partial charge >= 0.3 is 0 Å². The second-order valence-corrected chi connectivity index (χ2v) is 9.21. The van der Waals surface area contributed by atoms with E-state index in [9.17, 15) is 4.21 Å². The average molecular weight is 447 g/mol. The Morgan fingerprint density at radius 3 is 2.80 bits per heavy atom. The molecule has 1 saturated heterocycles. The molecule has 1 aliphatic heterocycles. The maximum Gasteiger partial charge on any atom is 0.183 e. The number of fused-ring (bicyclic) bond motifs is 1. The number of nitrogens with one attached hydrogen (secondary N) is 1. The monoisotopic (exact) mass is 446 g/mol. The predicted molar refractivity (Wildman–Crippen MR) is 124 cm³/mol. The number of benzene rings is 2. The van der Waals surface area contributed by atoms with Crippen molar-refractivity contribution in [1.29, 1.82) is 0 Å². The number of methoxy groups -OCH3 is 1. The number of piperazine rings is 1. The minimum absolute atomic E-state index is 0.151. The normalized spacial score (nSPS) is 16.0. The minimum atomic E-state index is -1.82. The highest BCUT2D eigenvalue weighted by Crippen LogP contribution is 2.27. The molecule has 1 atom stereocenters. The molecular formula is C21H26N4O3S2. The number of thiazole rings is 1. The van der Waals surface area contributed by atoms with Crippen LogP contribution in [0, 0.1) is 0 Å². The molecule has 0 saturated carbocycles. The lowest BCUT2D eigenvalue weighted by Gasteiger charge is -2.36. The molecule has 2 N–H and O–H groups in total. The molecule has 0 amide bonds. The molecule has 3 aromatic rings. The van der Waals surface area contributed by atoms with Crippen molar-refractivity contribution in [3.05, 3.63) is 48.0 Å². The van der Waals surface area contributed by atoms with E-state index >= 15 is 0 Å².